The topological polar surface area (TPSA) is 67.2 Å². The molecule has 4 nitrogen and oxygen atoms in total. The van der Waals surface area contributed by atoms with E-state index in [-0.39, 0.29) is 23.6 Å². The smallest absolute Gasteiger partial charge is 0.303 e. The Morgan fingerprint density at radius 3 is 2.43 bits per heavy atom. The first-order chi connectivity index (χ1) is 9.71. The predicted molar refractivity (Wildman–Crippen MR) is 80.2 cm³/mol. The molecule has 0 amide bonds. The fraction of sp³-hybridized carbons (Fsp3) is 0.824. The summed E-state index contributed by atoms with van der Waals surface area (Å²) in [5.74, 6) is 0.277. The van der Waals surface area contributed by atoms with Gasteiger partial charge in [0.1, 0.15) is 11.4 Å². The van der Waals surface area contributed by atoms with Crippen LogP contribution in [0.2, 0.25) is 0 Å². The molecule has 1 aliphatic carbocycles. The van der Waals surface area contributed by atoms with E-state index in [0.29, 0.717) is 24.7 Å². The number of rotatable bonds is 5. The molecule has 4 heteroatoms. The zero-order chi connectivity index (χ0) is 16.2. The van der Waals surface area contributed by atoms with Crippen molar-refractivity contribution in [3.05, 3.63) is 0 Å². The van der Waals surface area contributed by atoms with E-state index in [1.807, 2.05) is 6.92 Å². The maximum Gasteiger partial charge on any atom is 0.303 e. The summed E-state index contributed by atoms with van der Waals surface area (Å²) in [6, 6.07) is 2.43. The van der Waals surface area contributed by atoms with Gasteiger partial charge in [0.2, 0.25) is 0 Å². The lowest BCUT2D eigenvalue weighted by Gasteiger charge is -2.47. The van der Waals surface area contributed by atoms with Crippen LogP contribution in [0.25, 0.3) is 0 Å². The third-order valence-corrected chi connectivity index (χ3v) is 4.84. The molecule has 21 heavy (non-hydrogen) atoms. The van der Waals surface area contributed by atoms with Crippen molar-refractivity contribution in [3.8, 4) is 6.07 Å². The van der Waals surface area contributed by atoms with Crippen LogP contribution in [0.1, 0.15) is 60.3 Å². The number of Topliss-reactive ketones (excluding diaryl/α,β-unsaturated/α-hetero) is 1. The molecule has 0 aromatic carbocycles. The van der Waals surface area contributed by atoms with Crippen molar-refractivity contribution < 1.29 is 14.3 Å². The second-order valence-corrected chi connectivity index (χ2v) is 6.85. The number of carbonyl (C=O) groups is 2. The van der Waals surface area contributed by atoms with Crippen LogP contribution in [-0.2, 0) is 14.3 Å². The quantitative estimate of drug-likeness (QED) is 0.728. The molecule has 0 heterocycles. The normalized spacial score (nSPS) is 32.5. The first-order valence-electron chi connectivity index (χ1n) is 7.80. The van der Waals surface area contributed by atoms with Crippen LogP contribution in [0.5, 0.6) is 0 Å². The number of nitriles is 1. The van der Waals surface area contributed by atoms with E-state index in [1.165, 1.54) is 6.92 Å². The molecule has 4 atom stereocenters. The second-order valence-electron chi connectivity index (χ2n) is 6.85. The minimum atomic E-state index is -0.632. The van der Waals surface area contributed by atoms with E-state index in [4.69, 9.17) is 4.74 Å². The first-order valence-corrected chi connectivity index (χ1v) is 7.80. The van der Waals surface area contributed by atoms with Crippen LogP contribution < -0.4 is 0 Å². The highest BCUT2D eigenvalue weighted by Crippen LogP contribution is 2.47. The molecule has 0 unspecified atom stereocenters. The lowest BCUT2D eigenvalue weighted by Crippen LogP contribution is -2.49. The zero-order valence-corrected chi connectivity index (χ0v) is 13.8. The summed E-state index contributed by atoms with van der Waals surface area (Å²) >= 11 is 0. The van der Waals surface area contributed by atoms with Crippen molar-refractivity contribution in [2.45, 2.75) is 65.9 Å². The number of hydrogen-bond donors (Lipinski definition) is 0. The Morgan fingerprint density at radius 1 is 1.38 bits per heavy atom. The van der Waals surface area contributed by atoms with Gasteiger partial charge in [0.05, 0.1) is 12.0 Å². The molecule has 1 saturated carbocycles. The second kappa shape index (κ2) is 7.06. The Morgan fingerprint density at radius 2 is 2.00 bits per heavy atom. The van der Waals surface area contributed by atoms with Crippen LogP contribution >= 0.6 is 0 Å². The zero-order valence-electron chi connectivity index (χ0n) is 13.8. The van der Waals surface area contributed by atoms with Crippen molar-refractivity contribution in [2.24, 2.45) is 23.7 Å². The van der Waals surface area contributed by atoms with Crippen LogP contribution in [0.15, 0.2) is 0 Å². The maximum atomic E-state index is 11.4. The van der Waals surface area contributed by atoms with Crippen molar-refractivity contribution in [1.29, 1.82) is 5.26 Å². The number of carbonyl (C=O) groups excluding carboxylic acids is 2. The Balaban J connectivity index is 3.06. The van der Waals surface area contributed by atoms with Gasteiger partial charge < -0.3 is 9.53 Å². The van der Waals surface area contributed by atoms with Gasteiger partial charge in [0, 0.05) is 19.3 Å². The summed E-state index contributed by atoms with van der Waals surface area (Å²) in [7, 11) is 0. The van der Waals surface area contributed by atoms with Gasteiger partial charge in [-0.3, -0.25) is 4.79 Å². The van der Waals surface area contributed by atoms with E-state index in [0.717, 1.165) is 12.8 Å². The van der Waals surface area contributed by atoms with Crippen LogP contribution in [0, 0.1) is 35.0 Å². The van der Waals surface area contributed by atoms with Gasteiger partial charge in [-0.15, -0.1) is 0 Å². The summed E-state index contributed by atoms with van der Waals surface area (Å²) in [5, 5.41) is 9.64. The number of ketones is 1. The van der Waals surface area contributed by atoms with Gasteiger partial charge in [-0.2, -0.15) is 5.26 Å². The molecule has 1 aliphatic rings. The number of hydrogen-bond acceptors (Lipinski definition) is 4. The van der Waals surface area contributed by atoms with E-state index in [9.17, 15) is 14.9 Å². The molecule has 0 spiro atoms. The molecule has 1 rings (SSSR count). The molecule has 0 aromatic heterocycles. The van der Waals surface area contributed by atoms with E-state index < -0.39 is 5.60 Å². The van der Waals surface area contributed by atoms with Gasteiger partial charge in [0.15, 0.2) is 0 Å². The molecule has 0 N–H and O–H groups in total. The molecule has 0 aromatic rings. The third-order valence-electron chi connectivity index (χ3n) is 4.84. The fourth-order valence-electron chi connectivity index (χ4n) is 3.73. The average Bonchev–Trinajstić information content (AvgIpc) is 2.34. The van der Waals surface area contributed by atoms with Crippen molar-refractivity contribution >= 4 is 11.8 Å². The van der Waals surface area contributed by atoms with Crippen molar-refractivity contribution in [2.75, 3.05) is 0 Å². The minimum absolute atomic E-state index is 0.0727. The lowest BCUT2D eigenvalue weighted by atomic mass is 9.61. The molecule has 0 aliphatic heterocycles. The highest BCUT2D eigenvalue weighted by molar-refractivity contribution is 5.75. The van der Waals surface area contributed by atoms with Gasteiger partial charge >= 0.3 is 5.97 Å². The van der Waals surface area contributed by atoms with Gasteiger partial charge in [-0.05, 0) is 44.9 Å². The largest absolute Gasteiger partial charge is 0.459 e. The molecule has 118 valence electrons. The van der Waals surface area contributed by atoms with Crippen LogP contribution in [0.4, 0.5) is 0 Å². The number of ether oxygens (including phenoxy) is 1. The molecule has 0 radical (unpaired) electrons. The summed E-state index contributed by atoms with van der Waals surface area (Å²) in [6.07, 6.45) is 2.69. The number of esters is 1. The van der Waals surface area contributed by atoms with Crippen LogP contribution in [-0.4, -0.2) is 17.4 Å². The Labute approximate surface area is 127 Å². The van der Waals surface area contributed by atoms with Gasteiger partial charge in [-0.25, -0.2) is 0 Å². The molecule has 0 bridgehead atoms. The van der Waals surface area contributed by atoms with Crippen LogP contribution in [0.3, 0.4) is 0 Å². The summed E-state index contributed by atoms with van der Waals surface area (Å²) in [5.41, 5.74) is -0.632. The summed E-state index contributed by atoms with van der Waals surface area (Å²) in [6.45, 7) is 9.15. The Hall–Kier alpha value is -1.37. The van der Waals surface area contributed by atoms with E-state index in [2.05, 4.69) is 19.9 Å². The standard InChI is InChI=1S/C17H27NO3/c1-11(2)14-8-9-17(5,21-13(4)20)16(15(14)10-18)7-6-12(3)19/h11,14-16H,6-9H2,1-5H3/t14-,15-,16-,17+/m0/s1. The molecule has 0 saturated heterocycles. The predicted octanol–water partition coefficient (Wildman–Crippen LogP) is 3.50. The Bertz CT molecular complexity index is 438. The SMILES string of the molecule is CC(=O)CC[C@H]1[C@@H](C#N)[C@H](C(C)C)CC[C@@]1(C)OC(C)=O. The average molecular weight is 293 g/mol. The summed E-state index contributed by atoms with van der Waals surface area (Å²) < 4.78 is 5.58. The first kappa shape index (κ1) is 17.7. The monoisotopic (exact) mass is 293 g/mol. The minimum Gasteiger partial charge on any atom is -0.459 e. The third kappa shape index (κ3) is 4.30. The maximum absolute atomic E-state index is 11.4. The van der Waals surface area contributed by atoms with E-state index >= 15 is 0 Å². The van der Waals surface area contributed by atoms with Crippen molar-refractivity contribution in [3.63, 3.8) is 0 Å². The van der Waals surface area contributed by atoms with E-state index in [1.54, 1.807) is 6.92 Å². The Kier molecular flexibility index (Phi) is 5.95. The molecule has 1 fully saturated rings. The molecular formula is C17H27NO3. The highest BCUT2D eigenvalue weighted by atomic mass is 16.6. The number of nitrogens with zero attached hydrogens (tertiary/aromatic N) is 1. The van der Waals surface area contributed by atoms with Gasteiger partial charge in [-0.1, -0.05) is 13.8 Å². The highest BCUT2D eigenvalue weighted by Gasteiger charge is 2.49. The lowest BCUT2D eigenvalue weighted by molar-refractivity contribution is -0.171. The fourth-order valence-corrected chi connectivity index (χ4v) is 3.73. The molecular weight excluding hydrogens is 266 g/mol. The van der Waals surface area contributed by atoms with Gasteiger partial charge in [0.25, 0.3) is 0 Å². The summed E-state index contributed by atoms with van der Waals surface area (Å²) in [4.78, 5) is 22.8. The van der Waals surface area contributed by atoms with Crippen molar-refractivity contribution in [1.82, 2.24) is 0 Å².